The van der Waals surface area contributed by atoms with E-state index in [1.54, 1.807) is 28.8 Å². The Labute approximate surface area is 180 Å². The van der Waals surface area contributed by atoms with E-state index in [1.165, 1.54) is 13.8 Å². The van der Waals surface area contributed by atoms with E-state index < -0.39 is 18.0 Å². The predicted octanol–water partition coefficient (Wildman–Crippen LogP) is 3.36. The normalized spacial score (nSPS) is 11.9. The number of carbonyl (C=O) groups excluding carboxylic acids is 3. The van der Waals surface area contributed by atoms with Gasteiger partial charge in [-0.3, -0.25) is 14.4 Å². The first-order valence-corrected chi connectivity index (χ1v) is 10.1. The van der Waals surface area contributed by atoms with Gasteiger partial charge < -0.3 is 10.1 Å². The lowest BCUT2D eigenvalue weighted by molar-refractivity contribution is -0.153. The number of ether oxygens (including phenoxy) is 1. The fourth-order valence-electron chi connectivity index (χ4n) is 3.37. The number of hydrogen-bond acceptors (Lipinski definition) is 6. The lowest BCUT2D eigenvalue weighted by Crippen LogP contribution is -2.30. The molecule has 1 amide bonds. The summed E-state index contributed by atoms with van der Waals surface area (Å²) in [5.41, 5.74) is 5.46. The maximum atomic E-state index is 12.3. The van der Waals surface area contributed by atoms with Crippen molar-refractivity contribution in [1.82, 2.24) is 14.6 Å². The smallest absolute Gasteiger partial charge is 0.306 e. The van der Waals surface area contributed by atoms with Crippen molar-refractivity contribution in [3.05, 3.63) is 58.5 Å². The van der Waals surface area contributed by atoms with E-state index in [0.29, 0.717) is 17.7 Å². The molecule has 0 saturated carbocycles. The summed E-state index contributed by atoms with van der Waals surface area (Å²) in [7, 11) is 0. The lowest BCUT2D eigenvalue weighted by Gasteiger charge is -2.15. The molecule has 8 heteroatoms. The van der Waals surface area contributed by atoms with Gasteiger partial charge in [-0.05, 0) is 70.9 Å². The molecule has 1 N–H and O–H groups in total. The highest BCUT2D eigenvalue weighted by Gasteiger charge is 2.19. The van der Waals surface area contributed by atoms with Crippen LogP contribution in [0.15, 0.2) is 30.3 Å². The number of carbonyl (C=O) groups is 3. The van der Waals surface area contributed by atoms with Gasteiger partial charge in [0.1, 0.15) is 0 Å². The molecule has 0 bridgehead atoms. The second kappa shape index (κ2) is 9.07. The van der Waals surface area contributed by atoms with Crippen molar-refractivity contribution >= 4 is 29.0 Å². The quantitative estimate of drug-likeness (QED) is 0.463. The minimum absolute atomic E-state index is 0.0531. The Morgan fingerprint density at radius 2 is 1.81 bits per heavy atom. The highest BCUT2D eigenvalue weighted by atomic mass is 16.5. The monoisotopic (exact) mass is 422 g/mol. The van der Waals surface area contributed by atoms with Gasteiger partial charge in [-0.25, -0.2) is 9.50 Å². The van der Waals surface area contributed by atoms with Gasteiger partial charge in [-0.2, -0.15) is 5.10 Å². The second-order valence-electron chi connectivity index (χ2n) is 7.57. The number of aromatic nitrogens is 3. The van der Waals surface area contributed by atoms with Gasteiger partial charge in [-0.1, -0.05) is 0 Å². The van der Waals surface area contributed by atoms with Crippen LogP contribution in [0, 0.1) is 20.8 Å². The molecule has 0 aliphatic heterocycles. The van der Waals surface area contributed by atoms with Crippen molar-refractivity contribution < 1.29 is 19.1 Å². The van der Waals surface area contributed by atoms with Crippen molar-refractivity contribution in [1.29, 1.82) is 0 Å². The molecule has 0 saturated heterocycles. The Balaban J connectivity index is 1.57. The van der Waals surface area contributed by atoms with Crippen LogP contribution in [-0.4, -0.2) is 38.4 Å². The van der Waals surface area contributed by atoms with E-state index in [-0.39, 0.29) is 12.2 Å². The van der Waals surface area contributed by atoms with Gasteiger partial charge in [0, 0.05) is 35.1 Å². The number of nitrogens with one attached hydrogen (secondary N) is 1. The van der Waals surface area contributed by atoms with E-state index in [1.807, 2.05) is 26.8 Å². The molecule has 1 aromatic carbocycles. The zero-order chi connectivity index (χ0) is 22.7. The summed E-state index contributed by atoms with van der Waals surface area (Å²) in [5.74, 6) is -0.959. The van der Waals surface area contributed by atoms with Gasteiger partial charge in [0.2, 0.25) is 0 Å². The minimum Gasteiger partial charge on any atom is -0.453 e. The Hall–Kier alpha value is -3.55. The number of amides is 1. The Morgan fingerprint density at radius 1 is 1.13 bits per heavy atom. The Morgan fingerprint density at radius 3 is 2.45 bits per heavy atom. The molecule has 0 radical (unpaired) electrons. The Kier molecular flexibility index (Phi) is 6.48. The molecule has 0 aliphatic rings. The van der Waals surface area contributed by atoms with Gasteiger partial charge >= 0.3 is 5.97 Å². The topological polar surface area (TPSA) is 103 Å². The number of fused-ring (bicyclic) bond motifs is 1. The van der Waals surface area contributed by atoms with Crippen molar-refractivity contribution in [2.24, 2.45) is 0 Å². The van der Waals surface area contributed by atoms with Gasteiger partial charge in [0.05, 0.1) is 5.69 Å². The Bertz CT molecular complexity index is 1150. The molecule has 0 spiro atoms. The van der Waals surface area contributed by atoms with Crippen molar-refractivity contribution in [3.8, 4) is 0 Å². The van der Waals surface area contributed by atoms with Crippen molar-refractivity contribution in [3.63, 3.8) is 0 Å². The fourth-order valence-corrected chi connectivity index (χ4v) is 3.37. The molecule has 1 atom stereocenters. The van der Waals surface area contributed by atoms with E-state index in [0.717, 1.165) is 28.3 Å². The molecule has 0 unspecified atom stereocenters. The van der Waals surface area contributed by atoms with Gasteiger partial charge in [-0.15, -0.1) is 0 Å². The molecule has 3 rings (SSSR count). The first kappa shape index (κ1) is 22.1. The zero-order valence-electron chi connectivity index (χ0n) is 18.4. The average molecular weight is 422 g/mol. The fraction of sp³-hybridized carbons (Fsp3) is 0.348. The number of Topliss-reactive ketones (excluding diaryl/α,β-unsaturated/α-hetero) is 1. The van der Waals surface area contributed by atoms with Gasteiger partial charge in [0.25, 0.3) is 5.91 Å². The molecule has 3 aromatic rings. The van der Waals surface area contributed by atoms with E-state index in [2.05, 4.69) is 15.4 Å². The highest BCUT2D eigenvalue weighted by molar-refractivity contribution is 5.97. The van der Waals surface area contributed by atoms with Crippen LogP contribution in [0.1, 0.15) is 53.3 Å². The second-order valence-corrected chi connectivity index (χ2v) is 7.57. The van der Waals surface area contributed by atoms with Crippen LogP contribution in [0.2, 0.25) is 0 Å². The van der Waals surface area contributed by atoms with Crippen LogP contribution in [0.3, 0.4) is 0 Å². The number of hydrogen-bond donors (Lipinski definition) is 1. The summed E-state index contributed by atoms with van der Waals surface area (Å²) in [6.07, 6.45) is -0.379. The van der Waals surface area contributed by atoms with Crippen LogP contribution in [0.25, 0.3) is 5.65 Å². The summed E-state index contributed by atoms with van der Waals surface area (Å²) in [6.45, 7) is 8.76. The number of aryl methyl sites for hydroxylation is 3. The molecule has 2 heterocycles. The van der Waals surface area contributed by atoms with Crippen LogP contribution in [0.5, 0.6) is 0 Å². The standard InChI is InChI=1S/C23H26N4O4/c1-13-12-21-24-14(2)20(15(3)27(21)26-13)10-11-22(29)31-17(5)23(30)25-19-8-6-18(7-9-19)16(4)28/h6-9,12,17H,10-11H2,1-5H3,(H,25,30)/t17-/m1/s1. The number of anilines is 1. The maximum absolute atomic E-state index is 12.3. The van der Waals surface area contributed by atoms with Crippen molar-refractivity contribution in [2.75, 3.05) is 5.32 Å². The van der Waals surface area contributed by atoms with Crippen LogP contribution in [-0.2, 0) is 20.7 Å². The number of benzene rings is 1. The van der Waals surface area contributed by atoms with Crippen molar-refractivity contribution in [2.45, 2.75) is 53.6 Å². The number of esters is 1. The lowest BCUT2D eigenvalue weighted by atomic mass is 10.1. The molecule has 162 valence electrons. The predicted molar refractivity (Wildman–Crippen MR) is 116 cm³/mol. The minimum atomic E-state index is -0.948. The van der Waals surface area contributed by atoms with Gasteiger partial charge in [0.15, 0.2) is 17.5 Å². The maximum Gasteiger partial charge on any atom is 0.306 e. The third-order valence-corrected chi connectivity index (χ3v) is 5.10. The highest BCUT2D eigenvalue weighted by Crippen LogP contribution is 2.17. The number of ketones is 1. The first-order chi connectivity index (χ1) is 14.7. The van der Waals surface area contributed by atoms with Crippen LogP contribution >= 0.6 is 0 Å². The van der Waals surface area contributed by atoms with E-state index >= 15 is 0 Å². The first-order valence-electron chi connectivity index (χ1n) is 10.1. The molecular formula is C23H26N4O4. The third kappa shape index (κ3) is 5.14. The van der Waals surface area contributed by atoms with Crippen LogP contribution < -0.4 is 5.32 Å². The number of rotatable bonds is 7. The zero-order valence-corrected chi connectivity index (χ0v) is 18.4. The summed E-state index contributed by atoms with van der Waals surface area (Å²) in [5, 5.41) is 7.11. The molecule has 0 aliphatic carbocycles. The third-order valence-electron chi connectivity index (χ3n) is 5.10. The molecule has 31 heavy (non-hydrogen) atoms. The molecular weight excluding hydrogens is 396 g/mol. The molecule has 8 nitrogen and oxygen atoms in total. The largest absolute Gasteiger partial charge is 0.453 e. The summed E-state index contributed by atoms with van der Waals surface area (Å²) in [4.78, 5) is 40.5. The SMILES string of the molecule is CC(=O)c1ccc(NC(=O)[C@@H](C)OC(=O)CCc2c(C)nc3cc(C)nn3c2C)cc1. The van der Waals surface area contributed by atoms with E-state index in [4.69, 9.17) is 4.74 Å². The summed E-state index contributed by atoms with van der Waals surface area (Å²) < 4.78 is 7.07. The van der Waals surface area contributed by atoms with Crippen LogP contribution in [0.4, 0.5) is 5.69 Å². The molecule has 0 fully saturated rings. The molecule has 2 aromatic heterocycles. The average Bonchev–Trinajstić information content (AvgIpc) is 3.08. The summed E-state index contributed by atoms with van der Waals surface area (Å²) in [6, 6.07) is 8.44. The summed E-state index contributed by atoms with van der Waals surface area (Å²) >= 11 is 0. The van der Waals surface area contributed by atoms with E-state index in [9.17, 15) is 14.4 Å². The number of nitrogens with zero attached hydrogens (tertiary/aromatic N) is 3.